The molecule has 1 atom stereocenters. The second-order valence-electron chi connectivity index (χ2n) is 3.26. The van der Waals surface area contributed by atoms with Crippen molar-refractivity contribution in [2.24, 2.45) is 5.73 Å². The van der Waals surface area contributed by atoms with Gasteiger partial charge in [-0.1, -0.05) is 12.1 Å². The van der Waals surface area contributed by atoms with Crippen molar-refractivity contribution in [2.75, 3.05) is 0 Å². The predicted octanol–water partition coefficient (Wildman–Crippen LogP) is 2.49. The Hall–Kier alpha value is -0.0900. The first-order chi connectivity index (χ1) is 5.59. The maximum Gasteiger partial charge on any atom is 0.0162 e. The molecule has 0 amide bonds. The summed E-state index contributed by atoms with van der Waals surface area (Å²) in [5.74, 6) is 0. The normalized spacial score (nSPS) is 13.0. The molecular weight excluding hydrogens is 261 g/mol. The van der Waals surface area contributed by atoms with E-state index in [0.717, 1.165) is 6.42 Å². The molecule has 1 aromatic rings. The molecule has 66 valence electrons. The summed E-state index contributed by atoms with van der Waals surface area (Å²) < 4.78 is 1.32. The smallest absolute Gasteiger partial charge is 0.0162 e. The molecule has 1 rings (SSSR count). The Kier molecular flexibility index (Phi) is 3.53. The number of rotatable bonds is 2. The molecular formula is C10H14IN. The molecule has 0 spiro atoms. The fraction of sp³-hybridized carbons (Fsp3) is 0.400. The van der Waals surface area contributed by atoms with Gasteiger partial charge in [0.05, 0.1) is 0 Å². The van der Waals surface area contributed by atoms with E-state index in [1.807, 2.05) is 6.92 Å². The van der Waals surface area contributed by atoms with Gasteiger partial charge in [0.25, 0.3) is 0 Å². The minimum absolute atomic E-state index is 0.253. The maximum atomic E-state index is 5.71. The zero-order valence-corrected chi connectivity index (χ0v) is 9.63. The molecule has 0 radical (unpaired) electrons. The molecule has 0 unspecified atom stereocenters. The summed E-state index contributed by atoms with van der Waals surface area (Å²) in [6.45, 7) is 4.16. The van der Waals surface area contributed by atoms with Crippen LogP contribution in [0.2, 0.25) is 0 Å². The van der Waals surface area contributed by atoms with Crippen molar-refractivity contribution >= 4 is 22.6 Å². The molecule has 0 aliphatic carbocycles. The number of hydrogen-bond acceptors (Lipinski definition) is 1. The van der Waals surface area contributed by atoms with Crippen LogP contribution >= 0.6 is 22.6 Å². The van der Waals surface area contributed by atoms with Crippen LogP contribution < -0.4 is 5.73 Å². The molecule has 0 fully saturated rings. The van der Waals surface area contributed by atoms with E-state index in [1.54, 1.807) is 0 Å². The van der Waals surface area contributed by atoms with Gasteiger partial charge in [-0.15, -0.1) is 0 Å². The highest BCUT2D eigenvalue weighted by Gasteiger charge is 1.99. The zero-order chi connectivity index (χ0) is 9.14. The highest BCUT2D eigenvalue weighted by atomic mass is 127. The van der Waals surface area contributed by atoms with E-state index in [1.165, 1.54) is 14.7 Å². The van der Waals surface area contributed by atoms with E-state index in [2.05, 4.69) is 47.7 Å². The van der Waals surface area contributed by atoms with E-state index < -0.39 is 0 Å². The molecule has 12 heavy (non-hydrogen) atoms. The van der Waals surface area contributed by atoms with Gasteiger partial charge in [0.15, 0.2) is 0 Å². The van der Waals surface area contributed by atoms with Gasteiger partial charge in [0, 0.05) is 9.61 Å². The Morgan fingerprint density at radius 2 is 2.17 bits per heavy atom. The average Bonchev–Trinajstić information content (AvgIpc) is 1.96. The Morgan fingerprint density at radius 3 is 2.67 bits per heavy atom. The van der Waals surface area contributed by atoms with E-state index in [9.17, 15) is 0 Å². The zero-order valence-electron chi connectivity index (χ0n) is 7.47. The van der Waals surface area contributed by atoms with Crippen molar-refractivity contribution in [3.05, 3.63) is 32.9 Å². The lowest BCUT2D eigenvalue weighted by Crippen LogP contribution is -2.17. The van der Waals surface area contributed by atoms with Crippen molar-refractivity contribution in [3.8, 4) is 0 Å². The van der Waals surface area contributed by atoms with Crippen LogP contribution in [0.1, 0.15) is 18.1 Å². The quantitative estimate of drug-likeness (QED) is 0.824. The van der Waals surface area contributed by atoms with Crippen LogP contribution in [0.15, 0.2) is 18.2 Å². The molecule has 0 saturated carbocycles. The lowest BCUT2D eigenvalue weighted by atomic mass is 10.1. The standard InChI is InChI=1S/C10H14IN/c1-7-3-4-9(5-8(2)12)6-10(7)11/h3-4,6,8H,5,12H2,1-2H3/t8-/m1/s1. The first-order valence-corrected chi connectivity index (χ1v) is 5.18. The van der Waals surface area contributed by atoms with Crippen LogP contribution in [0.4, 0.5) is 0 Å². The number of aryl methyl sites for hydroxylation is 1. The third kappa shape index (κ3) is 2.75. The summed E-state index contributed by atoms with van der Waals surface area (Å²) in [6.07, 6.45) is 0.969. The van der Waals surface area contributed by atoms with Gasteiger partial charge in [-0.25, -0.2) is 0 Å². The summed E-state index contributed by atoms with van der Waals surface area (Å²) in [4.78, 5) is 0. The number of benzene rings is 1. The topological polar surface area (TPSA) is 26.0 Å². The van der Waals surface area contributed by atoms with Crippen molar-refractivity contribution < 1.29 is 0 Å². The first-order valence-electron chi connectivity index (χ1n) is 4.10. The summed E-state index contributed by atoms with van der Waals surface area (Å²) in [6, 6.07) is 6.77. The monoisotopic (exact) mass is 275 g/mol. The summed E-state index contributed by atoms with van der Waals surface area (Å²) in [5.41, 5.74) is 8.38. The van der Waals surface area contributed by atoms with Gasteiger partial charge in [0.1, 0.15) is 0 Å². The minimum Gasteiger partial charge on any atom is -0.328 e. The Balaban J connectivity index is 2.82. The molecule has 1 aromatic carbocycles. The van der Waals surface area contributed by atoms with E-state index in [4.69, 9.17) is 5.73 Å². The van der Waals surface area contributed by atoms with Crippen LogP contribution in [0, 0.1) is 10.5 Å². The molecule has 0 aliphatic rings. The SMILES string of the molecule is Cc1ccc(C[C@@H](C)N)cc1I. The van der Waals surface area contributed by atoms with Crippen molar-refractivity contribution in [1.29, 1.82) is 0 Å². The molecule has 0 bridgehead atoms. The third-order valence-corrected chi connectivity index (χ3v) is 2.96. The molecule has 2 heteroatoms. The largest absolute Gasteiger partial charge is 0.328 e. The molecule has 0 aromatic heterocycles. The number of hydrogen-bond donors (Lipinski definition) is 1. The first kappa shape index (κ1) is 9.99. The average molecular weight is 275 g/mol. The number of nitrogens with two attached hydrogens (primary N) is 1. The lowest BCUT2D eigenvalue weighted by molar-refractivity contribution is 0.737. The number of halogens is 1. The molecule has 0 aliphatic heterocycles. The highest BCUT2D eigenvalue weighted by molar-refractivity contribution is 14.1. The van der Waals surface area contributed by atoms with E-state index >= 15 is 0 Å². The predicted molar refractivity (Wildman–Crippen MR) is 61.2 cm³/mol. The van der Waals surface area contributed by atoms with Crippen LogP contribution in [-0.2, 0) is 6.42 Å². The summed E-state index contributed by atoms with van der Waals surface area (Å²) in [7, 11) is 0. The second kappa shape index (κ2) is 4.23. The third-order valence-electron chi connectivity index (χ3n) is 1.79. The van der Waals surface area contributed by atoms with Gasteiger partial charge in [-0.3, -0.25) is 0 Å². The van der Waals surface area contributed by atoms with E-state index in [0.29, 0.717) is 0 Å². The summed E-state index contributed by atoms with van der Waals surface area (Å²) in [5, 5.41) is 0. The minimum atomic E-state index is 0.253. The second-order valence-corrected chi connectivity index (χ2v) is 4.43. The van der Waals surface area contributed by atoms with Crippen molar-refractivity contribution in [2.45, 2.75) is 26.3 Å². The van der Waals surface area contributed by atoms with E-state index in [-0.39, 0.29) is 6.04 Å². The van der Waals surface area contributed by atoms with Crippen LogP contribution in [0.25, 0.3) is 0 Å². The lowest BCUT2D eigenvalue weighted by Gasteiger charge is -2.06. The van der Waals surface area contributed by atoms with Crippen molar-refractivity contribution in [1.82, 2.24) is 0 Å². The van der Waals surface area contributed by atoms with Crippen LogP contribution in [-0.4, -0.2) is 6.04 Å². The van der Waals surface area contributed by atoms with Crippen LogP contribution in [0.5, 0.6) is 0 Å². The summed E-state index contributed by atoms with van der Waals surface area (Å²) >= 11 is 2.36. The Bertz CT molecular complexity index is 269. The van der Waals surface area contributed by atoms with Gasteiger partial charge in [-0.2, -0.15) is 0 Å². The maximum absolute atomic E-state index is 5.71. The van der Waals surface area contributed by atoms with Crippen LogP contribution in [0.3, 0.4) is 0 Å². The molecule has 1 nitrogen and oxygen atoms in total. The molecule has 0 heterocycles. The molecule has 0 saturated heterocycles. The van der Waals surface area contributed by atoms with Gasteiger partial charge < -0.3 is 5.73 Å². The Morgan fingerprint density at radius 1 is 1.50 bits per heavy atom. The van der Waals surface area contributed by atoms with Gasteiger partial charge in [-0.05, 0) is 60.1 Å². The van der Waals surface area contributed by atoms with Gasteiger partial charge in [0.2, 0.25) is 0 Å². The Labute approximate surface area is 87.5 Å². The fourth-order valence-electron chi connectivity index (χ4n) is 1.14. The fourth-order valence-corrected chi connectivity index (χ4v) is 1.71. The molecule has 2 N–H and O–H groups in total. The highest BCUT2D eigenvalue weighted by Crippen LogP contribution is 2.14. The van der Waals surface area contributed by atoms with Gasteiger partial charge >= 0.3 is 0 Å². The van der Waals surface area contributed by atoms with Crippen molar-refractivity contribution in [3.63, 3.8) is 0 Å².